The molecule has 24 heavy (non-hydrogen) atoms. The van der Waals surface area contributed by atoms with Crippen LogP contribution in [0, 0.1) is 0 Å². The molecule has 9 heteroatoms. The standard InChI is InChI=1S/C15H32O4.H2O4S/c1-2-3-4-5-6-7-8-10-17-12-14-19-15-13-18-11-9-16;1-5(2,3)4/h16H,2-15H2,1H3;(H2,1,2,3,4). The van der Waals surface area contributed by atoms with Crippen LogP contribution in [-0.2, 0) is 24.6 Å². The fourth-order valence-corrected chi connectivity index (χ4v) is 1.77. The minimum atomic E-state index is -4.67. The molecule has 0 aliphatic heterocycles. The van der Waals surface area contributed by atoms with Crippen LogP contribution in [0.15, 0.2) is 0 Å². The van der Waals surface area contributed by atoms with Gasteiger partial charge >= 0.3 is 10.4 Å². The molecule has 0 bridgehead atoms. The normalized spacial score (nSPS) is 11.2. The van der Waals surface area contributed by atoms with Crippen molar-refractivity contribution in [3.05, 3.63) is 0 Å². The first-order valence-corrected chi connectivity index (χ1v) is 9.85. The summed E-state index contributed by atoms with van der Waals surface area (Å²) in [6.45, 7) is 5.94. The van der Waals surface area contributed by atoms with Crippen LogP contribution in [0.2, 0.25) is 0 Å². The van der Waals surface area contributed by atoms with Gasteiger partial charge in [-0.25, -0.2) is 0 Å². The van der Waals surface area contributed by atoms with E-state index in [0.717, 1.165) is 13.0 Å². The molecule has 8 nitrogen and oxygen atoms in total. The molecular formula is C15H34O8S. The van der Waals surface area contributed by atoms with Crippen LogP contribution in [0.1, 0.15) is 51.9 Å². The average Bonchev–Trinajstić information content (AvgIpc) is 2.49. The predicted octanol–water partition coefficient (Wildman–Crippen LogP) is 2.13. The maximum atomic E-state index is 8.74. The first-order chi connectivity index (χ1) is 11.4. The second-order valence-electron chi connectivity index (χ2n) is 5.13. The maximum absolute atomic E-state index is 8.74. The van der Waals surface area contributed by atoms with Crippen LogP contribution in [0.25, 0.3) is 0 Å². The lowest BCUT2D eigenvalue weighted by Gasteiger charge is -2.06. The molecule has 0 amide bonds. The van der Waals surface area contributed by atoms with E-state index in [-0.39, 0.29) is 6.61 Å². The Bertz CT molecular complexity index is 297. The van der Waals surface area contributed by atoms with E-state index in [9.17, 15) is 0 Å². The van der Waals surface area contributed by atoms with Gasteiger partial charge in [-0.05, 0) is 6.42 Å². The number of aliphatic hydroxyl groups excluding tert-OH is 1. The van der Waals surface area contributed by atoms with Crippen LogP contribution in [0.3, 0.4) is 0 Å². The molecule has 0 unspecified atom stereocenters. The molecule has 148 valence electrons. The van der Waals surface area contributed by atoms with Gasteiger partial charge in [0.25, 0.3) is 0 Å². The fraction of sp³-hybridized carbons (Fsp3) is 1.00. The molecule has 3 N–H and O–H groups in total. The van der Waals surface area contributed by atoms with Crippen LogP contribution >= 0.6 is 0 Å². The van der Waals surface area contributed by atoms with Gasteiger partial charge in [0.15, 0.2) is 0 Å². The highest BCUT2D eigenvalue weighted by atomic mass is 32.3. The molecule has 0 rings (SSSR count). The van der Waals surface area contributed by atoms with Gasteiger partial charge < -0.3 is 19.3 Å². The Morgan fingerprint density at radius 3 is 1.50 bits per heavy atom. The lowest BCUT2D eigenvalue weighted by atomic mass is 10.1. The summed E-state index contributed by atoms with van der Waals surface area (Å²) in [7, 11) is -4.67. The van der Waals surface area contributed by atoms with Gasteiger partial charge in [0.2, 0.25) is 0 Å². The van der Waals surface area contributed by atoms with Crippen LogP contribution < -0.4 is 0 Å². The minimum absolute atomic E-state index is 0.0710. The summed E-state index contributed by atoms with van der Waals surface area (Å²) in [6.07, 6.45) is 9.20. The monoisotopic (exact) mass is 374 g/mol. The smallest absolute Gasteiger partial charge is 0.394 e. The molecule has 0 aromatic carbocycles. The number of hydrogen-bond acceptors (Lipinski definition) is 6. The highest BCUT2D eigenvalue weighted by Gasteiger charge is 1.93. The molecular weight excluding hydrogens is 340 g/mol. The molecule has 0 aromatic heterocycles. The van der Waals surface area contributed by atoms with E-state index in [1.54, 1.807) is 0 Å². The Labute approximate surface area is 146 Å². The van der Waals surface area contributed by atoms with Crippen molar-refractivity contribution >= 4 is 10.4 Å². The van der Waals surface area contributed by atoms with E-state index in [1.807, 2.05) is 0 Å². The zero-order valence-corrected chi connectivity index (χ0v) is 15.5. The molecule has 0 aromatic rings. The number of rotatable bonds is 16. The van der Waals surface area contributed by atoms with Gasteiger partial charge in [0.1, 0.15) is 0 Å². The van der Waals surface area contributed by atoms with Crippen molar-refractivity contribution in [1.29, 1.82) is 0 Å². The third-order valence-electron chi connectivity index (χ3n) is 2.87. The first-order valence-electron chi connectivity index (χ1n) is 8.45. The molecule has 0 saturated heterocycles. The van der Waals surface area contributed by atoms with Crippen molar-refractivity contribution in [2.24, 2.45) is 0 Å². The molecule has 0 aliphatic carbocycles. The average molecular weight is 374 g/mol. The second kappa shape index (κ2) is 20.8. The fourth-order valence-electron chi connectivity index (χ4n) is 1.77. The molecule has 0 fully saturated rings. The first kappa shape index (κ1) is 25.9. The molecule has 0 atom stereocenters. The van der Waals surface area contributed by atoms with E-state index in [1.165, 1.54) is 38.5 Å². The largest absolute Gasteiger partial charge is 0.394 e. The summed E-state index contributed by atoms with van der Waals surface area (Å²) in [5, 5.41) is 8.48. The predicted molar refractivity (Wildman–Crippen MR) is 91.7 cm³/mol. The van der Waals surface area contributed by atoms with Gasteiger partial charge in [0.05, 0.1) is 39.6 Å². The molecule has 0 saturated carbocycles. The third kappa shape index (κ3) is 37.7. The summed E-state index contributed by atoms with van der Waals surface area (Å²) < 4.78 is 47.5. The highest BCUT2D eigenvalue weighted by molar-refractivity contribution is 7.79. The van der Waals surface area contributed by atoms with Crippen molar-refractivity contribution in [2.75, 3.05) is 46.2 Å². The zero-order chi connectivity index (χ0) is 18.5. The Hall–Kier alpha value is -0.290. The lowest BCUT2D eigenvalue weighted by Crippen LogP contribution is -2.11. The van der Waals surface area contributed by atoms with E-state index < -0.39 is 10.4 Å². The zero-order valence-electron chi connectivity index (χ0n) is 14.7. The molecule has 0 spiro atoms. The van der Waals surface area contributed by atoms with Crippen molar-refractivity contribution in [3.63, 3.8) is 0 Å². The van der Waals surface area contributed by atoms with Crippen molar-refractivity contribution in [1.82, 2.24) is 0 Å². The number of ether oxygens (including phenoxy) is 3. The third-order valence-corrected chi connectivity index (χ3v) is 2.87. The van der Waals surface area contributed by atoms with E-state index in [2.05, 4.69) is 6.92 Å². The summed E-state index contributed by atoms with van der Waals surface area (Å²) in [5.74, 6) is 0. The van der Waals surface area contributed by atoms with E-state index in [0.29, 0.717) is 33.0 Å². The summed E-state index contributed by atoms with van der Waals surface area (Å²) in [5.41, 5.74) is 0. The van der Waals surface area contributed by atoms with Gasteiger partial charge in [-0.2, -0.15) is 8.42 Å². The van der Waals surface area contributed by atoms with Gasteiger partial charge in [-0.3, -0.25) is 9.11 Å². The number of aliphatic hydroxyl groups is 1. The van der Waals surface area contributed by atoms with Gasteiger partial charge in [-0.15, -0.1) is 0 Å². The SMILES string of the molecule is CCCCCCCCCOCCOCCOCCO.O=S(=O)(O)O. The molecule has 0 radical (unpaired) electrons. The highest BCUT2D eigenvalue weighted by Crippen LogP contribution is 2.06. The Morgan fingerprint density at radius 1 is 0.667 bits per heavy atom. The lowest BCUT2D eigenvalue weighted by molar-refractivity contribution is 0.00719. The van der Waals surface area contributed by atoms with Crippen LogP contribution in [0.4, 0.5) is 0 Å². The Morgan fingerprint density at radius 2 is 1.04 bits per heavy atom. The van der Waals surface area contributed by atoms with Crippen LogP contribution in [-0.4, -0.2) is 68.9 Å². The van der Waals surface area contributed by atoms with Gasteiger partial charge in [-0.1, -0.05) is 45.4 Å². The number of unbranched alkanes of at least 4 members (excludes halogenated alkanes) is 6. The Kier molecular flexibility index (Phi) is 22.4. The summed E-state index contributed by atoms with van der Waals surface area (Å²) in [6, 6.07) is 0. The van der Waals surface area contributed by atoms with E-state index >= 15 is 0 Å². The van der Waals surface area contributed by atoms with Crippen molar-refractivity contribution in [2.45, 2.75) is 51.9 Å². The molecule has 0 aliphatic rings. The second-order valence-corrected chi connectivity index (χ2v) is 6.03. The Balaban J connectivity index is 0. The van der Waals surface area contributed by atoms with Gasteiger partial charge in [0, 0.05) is 6.61 Å². The van der Waals surface area contributed by atoms with Crippen molar-refractivity contribution < 1.29 is 36.8 Å². The summed E-state index contributed by atoms with van der Waals surface area (Å²) in [4.78, 5) is 0. The van der Waals surface area contributed by atoms with Crippen molar-refractivity contribution in [3.8, 4) is 0 Å². The minimum Gasteiger partial charge on any atom is -0.394 e. The quantitative estimate of drug-likeness (QED) is 0.277. The topological polar surface area (TPSA) is 123 Å². The van der Waals surface area contributed by atoms with E-state index in [4.69, 9.17) is 36.8 Å². The molecule has 0 heterocycles. The summed E-state index contributed by atoms with van der Waals surface area (Å²) >= 11 is 0. The number of hydrogen-bond donors (Lipinski definition) is 3. The van der Waals surface area contributed by atoms with Crippen LogP contribution in [0.5, 0.6) is 0 Å². The maximum Gasteiger partial charge on any atom is 0.394 e.